The summed E-state index contributed by atoms with van der Waals surface area (Å²) in [4.78, 5) is 23.6. The van der Waals surface area contributed by atoms with Crippen molar-refractivity contribution in [1.29, 1.82) is 0 Å². The summed E-state index contributed by atoms with van der Waals surface area (Å²) in [6.07, 6.45) is 3.91. The number of ether oxygens (including phenoxy) is 3. The van der Waals surface area contributed by atoms with Crippen LogP contribution in [0.1, 0.15) is 30.1 Å². The van der Waals surface area contributed by atoms with Crippen molar-refractivity contribution in [2.45, 2.75) is 31.2 Å². The molecular weight excluding hydrogens is 315 g/mol. The predicted molar refractivity (Wildman–Crippen MR) is 81.2 cm³/mol. The molecule has 3 heterocycles. The Hall–Kier alpha value is -2.21. The number of benzene rings is 1. The van der Waals surface area contributed by atoms with Gasteiger partial charge >= 0.3 is 11.9 Å². The van der Waals surface area contributed by atoms with Crippen LogP contribution in [-0.2, 0) is 23.8 Å². The van der Waals surface area contributed by atoms with Gasteiger partial charge in [0.2, 0.25) is 0 Å². The third-order valence-electron chi connectivity index (χ3n) is 5.15. The number of methoxy groups -OCH3 is 1. The number of fused-ring (bicyclic) bond motifs is 5. The fraction of sp³-hybridized carbons (Fsp3) is 0.444. The van der Waals surface area contributed by atoms with Crippen LogP contribution in [0.2, 0.25) is 0 Å². The zero-order valence-electron chi connectivity index (χ0n) is 13.1. The molecule has 1 aromatic carbocycles. The maximum Gasteiger partial charge on any atom is 0.330 e. The lowest BCUT2D eigenvalue weighted by Crippen LogP contribution is -2.28. The molecule has 0 aliphatic carbocycles. The second-order valence-corrected chi connectivity index (χ2v) is 6.38. The Morgan fingerprint density at radius 3 is 2.92 bits per heavy atom. The van der Waals surface area contributed by atoms with Gasteiger partial charge in [0.05, 0.1) is 25.2 Å². The van der Waals surface area contributed by atoms with Crippen LogP contribution in [0.15, 0.2) is 24.3 Å². The van der Waals surface area contributed by atoms with Gasteiger partial charge in [-0.3, -0.25) is 4.79 Å². The lowest BCUT2D eigenvalue weighted by molar-refractivity contribution is -0.147. The van der Waals surface area contributed by atoms with Crippen molar-refractivity contribution in [2.75, 3.05) is 7.11 Å². The Labute approximate surface area is 138 Å². The average molecular weight is 332 g/mol. The lowest BCUT2D eigenvalue weighted by Gasteiger charge is -2.23. The van der Waals surface area contributed by atoms with Gasteiger partial charge in [-0.05, 0) is 36.6 Å². The molecule has 0 aromatic heterocycles. The number of cyclic esters (lactones) is 1. The van der Waals surface area contributed by atoms with Crippen LogP contribution in [0.3, 0.4) is 0 Å². The minimum atomic E-state index is -0.550. The molecule has 0 saturated carbocycles. The zero-order chi connectivity index (χ0) is 16.8. The molecule has 4 unspecified atom stereocenters. The van der Waals surface area contributed by atoms with Gasteiger partial charge in [-0.25, -0.2) is 9.18 Å². The largest absolute Gasteiger partial charge is 0.466 e. The first-order valence-corrected chi connectivity index (χ1v) is 8.00. The molecular formula is C18H17FO5. The molecule has 0 amide bonds. The molecule has 4 rings (SSSR count). The van der Waals surface area contributed by atoms with E-state index in [0.29, 0.717) is 11.1 Å². The first-order valence-electron chi connectivity index (χ1n) is 8.00. The van der Waals surface area contributed by atoms with E-state index in [0.717, 1.165) is 12.8 Å². The van der Waals surface area contributed by atoms with E-state index in [2.05, 4.69) is 4.74 Å². The molecule has 3 fully saturated rings. The highest BCUT2D eigenvalue weighted by molar-refractivity contribution is 5.87. The Bertz CT molecular complexity index is 728. The summed E-state index contributed by atoms with van der Waals surface area (Å²) in [5.74, 6) is -1.55. The standard InChI is InChI=1S/C18H17FO5/c1-22-14(20)7-3-9-2-4-10(19)8-11(9)17-15-12-5-6-13(23-12)16(15)18(21)24-17/h2-4,7-8,12-13,15-17H,5-6H2,1H3/b7-3+/t12-,13?,15?,16?,17?/m0/s1. The van der Waals surface area contributed by atoms with E-state index < -0.39 is 17.9 Å². The number of rotatable bonds is 3. The van der Waals surface area contributed by atoms with E-state index in [9.17, 15) is 14.0 Å². The maximum absolute atomic E-state index is 13.8. The van der Waals surface area contributed by atoms with Gasteiger partial charge in [-0.1, -0.05) is 6.07 Å². The molecule has 5 atom stereocenters. The normalized spacial score (nSPS) is 33.8. The highest BCUT2D eigenvalue weighted by atomic mass is 19.1. The van der Waals surface area contributed by atoms with E-state index in [4.69, 9.17) is 9.47 Å². The molecule has 3 aliphatic heterocycles. The van der Waals surface area contributed by atoms with Gasteiger partial charge in [0.1, 0.15) is 11.9 Å². The van der Waals surface area contributed by atoms with Crippen molar-refractivity contribution in [3.8, 4) is 0 Å². The van der Waals surface area contributed by atoms with Crippen molar-refractivity contribution >= 4 is 18.0 Å². The molecule has 3 saturated heterocycles. The van der Waals surface area contributed by atoms with E-state index in [1.165, 1.54) is 25.3 Å². The molecule has 5 nitrogen and oxygen atoms in total. The lowest BCUT2D eigenvalue weighted by atomic mass is 9.76. The molecule has 2 bridgehead atoms. The van der Waals surface area contributed by atoms with E-state index >= 15 is 0 Å². The Balaban J connectivity index is 1.71. The van der Waals surface area contributed by atoms with Gasteiger partial charge in [-0.2, -0.15) is 0 Å². The van der Waals surface area contributed by atoms with Gasteiger partial charge in [-0.15, -0.1) is 0 Å². The van der Waals surface area contributed by atoms with Crippen molar-refractivity contribution < 1.29 is 28.2 Å². The first-order chi connectivity index (χ1) is 11.6. The van der Waals surface area contributed by atoms with Crippen LogP contribution < -0.4 is 0 Å². The molecule has 0 radical (unpaired) electrons. The van der Waals surface area contributed by atoms with Crippen LogP contribution in [0, 0.1) is 17.7 Å². The van der Waals surface area contributed by atoms with Crippen molar-refractivity contribution in [3.05, 3.63) is 41.2 Å². The Kier molecular flexibility index (Phi) is 3.64. The molecule has 0 N–H and O–H groups in total. The smallest absolute Gasteiger partial charge is 0.330 e. The molecule has 24 heavy (non-hydrogen) atoms. The van der Waals surface area contributed by atoms with Crippen molar-refractivity contribution in [1.82, 2.24) is 0 Å². The third kappa shape index (κ3) is 2.33. The fourth-order valence-electron chi connectivity index (χ4n) is 4.13. The summed E-state index contributed by atoms with van der Waals surface area (Å²) in [5, 5.41) is 0. The van der Waals surface area contributed by atoms with Crippen molar-refractivity contribution in [2.24, 2.45) is 11.8 Å². The SMILES string of the molecule is COC(=O)/C=C/c1ccc(F)cc1C1OC(=O)C2C3CC[C@H](O3)C12. The minimum Gasteiger partial charge on any atom is -0.466 e. The maximum atomic E-state index is 13.8. The summed E-state index contributed by atoms with van der Waals surface area (Å²) in [7, 11) is 1.29. The highest BCUT2D eigenvalue weighted by Gasteiger charge is 2.61. The predicted octanol–water partition coefficient (Wildman–Crippen LogP) is 2.40. The van der Waals surface area contributed by atoms with Gasteiger partial charge in [0, 0.05) is 17.6 Å². The second-order valence-electron chi connectivity index (χ2n) is 6.38. The number of carbonyl (C=O) groups is 2. The van der Waals surface area contributed by atoms with Crippen LogP contribution in [0.5, 0.6) is 0 Å². The van der Waals surface area contributed by atoms with Crippen LogP contribution in [0.25, 0.3) is 6.08 Å². The summed E-state index contributed by atoms with van der Waals surface area (Å²) in [5.41, 5.74) is 1.19. The first kappa shape index (κ1) is 15.3. The molecule has 3 aliphatic rings. The van der Waals surface area contributed by atoms with Gasteiger partial charge < -0.3 is 14.2 Å². The van der Waals surface area contributed by atoms with Gasteiger partial charge in [0.15, 0.2) is 0 Å². The van der Waals surface area contributed by atoms with E-state index in [1.54, 1.807) is 12.1 Å². The van der Waals surface area contributed by atoms with E-state index in [-0.39, 0.29) is 30.0 Å². The van der Waals surface area contributed by atoms with Crippen LogP contribution in [-0.4, -0.2) is 31.3 Å². The number of carbonyl (C=O) groups excluding carboxylic acids is 2. The zero-order valence-corrected chi connectivity index (χ0v) is 13.1. The highest BCUT2D eigenvalue weighted by Crippen LogP contribution is 2.55. The quantitative estimate of drug-likeness (QED) is 0.628. The Morgan fingerprint density at radius 1 is 1.33 bits per heavy atom. The average Bonchev–Trinajstić information content (AvgIpc) is 3.27. The molecule has 1 aromatic rings. The number of halogens is 1. The minimum absolute atomic E-state index is 0.0304. The molecule has 6 heteroatoms. The topological polar surface area (TPSA) is 61.8 Å². The second kappa shape index (κ2) is 5.70. The Morgan fingerprint density at radius 2 is 2.12 bits per heavy atom. The number of hydrogen-bond donors (Lipinski definition) is 0. The van der Waals surface area contributed by atoms with E-state index in [1.807, 2.05) is 0 Å². The summed E-state index contributed by atoms with van der Waals surface area (Å²) < 4.78 is 29.8. The fourth-order valence-corrected chi connectivity index (χ4v) is 4.13. The van der Waals surface area contributed by atoms with Gasteiger partial charge in [0.25, 0.3) is 0 Å². The monoisotopic (exact) mass is 332 g/mol. The number of esters is 2. The summed E-state index contributed by atoms with van der Waals surface area (Å²) >= 11 is 0. The molecule has 126 valence electrons. The van der Waals surface area contributed by atoms with Crippen LogP contribution in [0.4, 0.5) is 4.39 Å². The molecule has 0 spiro atoms. The summed E-state index contributed by atoms with van der Waals surface area (Å²) in [6, 6.07) is 4.24. The third-order valence-corrected chi connectivity index (χ3v) is 5.15. The van der Waals surface area contributed by atoms with Crippen LogP contribution >= 0.6 is 0 Å². The number of hydrogen-bond acceptors (Lipinski definition) is 5. The summed E-state index contributed by atoms with van der Waals surface area (Å²) in [6.45, 7) is 0. The van der Waals surface area contributed by atoms with Crippen molar-refractivity contribution in [3.63, 3.8) is 0 Å².